The summed E-state index contributed by atoms with van der Waals surface area (Å²) in [7, 11) is 1.74. The number of hydrogen-bond donors (Lipinski definition) is 2. The molecule has 1 aliphatic carbocycles. The summed E-state index contributed by atoms with van der Waals surface area (Å²) in [5.74, 6) is 0.955. The summed E-state index contributed by atoms with van der Waals surface area (Å²) in [6.07, 6.45) is 6.30. The molecule has 20 heavy (non-hydrogen) atoms. The molecule has 1 heterocycles. The quantitative estimate of drug-likeness (QED) is 0.872. The zero-order valence-electron chi connectivity index (χ0n) is 12.6. The van der Waals surface area contributed by atoms with E-state index >= 15 is 0 Å². The van der Waals surface area contributed by atoms with Crippen molar-refractivity contribution in [2.24, 2.45) is 11.1 Å². The van der Waals surface area contributed by atoms with Crippen LogP contribution in [0.1, 0.15) is 44.6 Å². The molecule has 0 radical (unpaired) electrons. The number of ether oxygens (including phenoxy) is 1. The normalized spacial score (nSPS) is 37.2. The fourth-order valence-corrected chi connectivity index (χ4v) is 4.51. The van der Waals surface area contributed by atoms with E-state index in [4.69, 9.17) is 10.5 Å². The van der Waals surface area contributed by atoms with Gasteiger partial charge in [-0.25, -0.2) is 0 Å². The van der Waals surface area contributed by atoms with Gasteiger partial charge in [0.05, 0.1) is 13.3 Å². The SMILES string of the molecule is COc1cccc(C23CCCCC2(C)C(N)NCC3)c1. The summed E-state index contributed by atoms with van der Waals surface area (Å²) in [5.41, 5.74) is 8.22. The molecule has 110 valence electrons. The van der Waals surface area contributed by atoms with Gasteiger partial charge in [0, 0.05) is 10.8 Å². The van der Waals surface area contributed by atoms with Crippen LogP contribution in [0.3, 0.4) is 0 Å². The molecule has 0 aromatic heterocycles. The van der Waals surface area contributed by atoms with Crippen LogP contribution in [0.4, 0.5) is 0 Å². The Morgan fingerprint density at radius 2 is 2.05 bits per heavy atom. The lowest BCUT2D eigenvalue weighted by Crippen LogP contribution is -2.65. The number of rotatable bonds is 2. The predicted octanol–water partition coefficient (Wildman–Crippen LogP) is 2.79. The third-order valence-electron chi connectivity index (χ3n) is 5.87. The van der Waals surface area contributed by atoms with E-state index in [0.717, 1.165) is 12.3 Å². The second-order valence-corrected chi connectivity index (χ2v) is 6.62. The van der Waals surface area contributed by atoms with Crippen molar-refractivity contribution in [3.05, 3.63) is 29.8 Å². The molecule has 0 bridgehead atoms. The molecule has 1 aromatic carbocycles. The standard InChI is InChI=1S/C17H26N2O/c1-16-8-3-4-9-17(16,10-11-19-15(16)18)13-6-5-7-14(12-13)20-2/h5-7,12,15,19H,3-4,8-11,18H2,1-2H3. The Kier molecular flexibility index (Phi) is 3.51. The largest absolute Gasteiger partial charge is 0.497 e. The monoisotopic (exact) mass is 274 g/mol. The molecule has 3 rings (SSSR count). The van der Waals surface area contributed by atoms with Crippen molar-refractivity contribution in [1.29, 1.82) is 0 Å². The third kappa shape index (κ3) is 1.87. The number of fused-ring (bicyclic) bond motifs is 1. The molecule has 1 aliphatic heterocycles. The van der Waals surface area contributed by atoms with Crippen LogP contribution < -0.4 is 15.8 Å². The summed E-state index contributed by atoms with van der Waals surface area (Å²) in [4.78, 5) is 0. The Bertz CT molecular complexity index is 486. The lowest BCUT2D eigenvalue weighted by atomic mass is 9.50. The summed E-state index contributed by atoms with van der Waals surface area (Å²) < 4.78 is 5.43. The number of nitrogens with one attached hydrogen (secondary N) is 1. The van der Waals surface area contributed by atoms with Gasteiger partial charge >= 0.3 is 0 Å². The van der Waals surface area contributed by atoms with Crippen molar-refractivity contribution in [2.75, 3.05) is 13.7 Å². The van der Waals surface area contributed by atoms with E-state index in [9.17, 15) is 0 Å². The third-order valence-corrected chi connectivity index (χ3v) is 5.87. The van der Waals surface area contributed by atoms with Crippen molar-refractivity contribution in [2.45, 2.75) is 50.6 Å². The van der Waals surface area contributed by atoms with E-state index < -0.39 is 0 Å². The van der Waals surface area contributed by atoms with Crippen LogP contribution >= 0.6 is 0 Å². The van der Waals surface area contributed by atoms with E-state index in [1.807, 2.05) is 6.07 Å². The lowest BCUT2D eigenvalue weighted by Gasteiger charge is -2.58. The fraction of sp³-hybridized carbons (Fsp3) is 0.647. The Hall–Kier alpha value is -1.06. The van der Waals surface area contributed by atoms with Crippen molar-refractivity contribution in [1.82, 2.24) is 5.32 Å². The van der Waals surface area contributed by atoms with Crippen LogP contribution in [-0.4, -0.2) is 19.8 Å². The van der Waals surface area contributed by atoms with Gasteiger partial charge in [0.1, 0.15) is 5.75 Å². The van der Waals surface area contributed by atoms with Gasteiger partial charge in [0.15, 0.2) is 0 Å². The molecular weight excluding hydrogens is 248 g/mol. The highest BCUT2D eigenvalue weighted by Crippen LogP contribution is 2.56. The minimum atomic E-state index is 0.0859. The molecular formula is C17H26N2O. The molecule has 1 saturated heterocycles. The van der Waals surface area contributed by atoms with E-state index in [0.29, 0.717) is 0 Å². The second kappa shape index (κ2) is 5.05. The van der Waals surface area contributed by atoms with Gasteiger partial charge in [-0.15, -0.1) is 0 Å². The van der Waals surface area contributed by atoms with E-state index in [1.54, 1.807) is 7.11 Å². The Balaban J connectivity index is 2.09. The molecule has 3 atom stereocenters. The van der Waals surface area contributed by atoms with Crippen molar-refractivity contribution >= 4 is 0 Å². The predicted molar refractivity (Wildman–Crippen MR) is 81.8 cm³/mol. The van der Waals surface area contributed by atoms with Crippen LogP contribution in [0.2, 0.25) is 0 Å². The molecule has 3 heteroatoms. The maximum Gasteiger partial charge on any atom is 0.119 e. The smallest absolute Gasteiger partial charge is 0.119 e. The number of benzene rings is 1. The van der Waals surface area contributed by atoms with Gasteiger partial charge in [0.2, 0.25) is 0 Å². The summed E-state index contributed by atoms with van der Waals surface area (Å²) in [6, 6.07) is 8.64. The van der Waals surface area contributed by atoms with Crippen LogP contribution in [0, 0.1) is 5.41 Å². The fourth-order valence-electron chi connectivity index (χ4n) is 4.51. The maximum absolute atomic E-state index is 6.47. The first kappa shape index (κ1) is 13.9. The number of hydrogen-bond acceptors (Lipinski definition) is 3. The first-order valence-corrected chi connectivity index (χ1v) is 7.76. The Labute approximate surface area is 121 Å². The van der Waals surface area contributed by atoms with Crippen LogP contribution in [0.25, 0.3) is 0 Å². The van der Waals surface area contributed by atoms with Crippen LogP contribution in [-0.2, 0) is 5.41 Å². The molecule has 3 N–H and O–H groups in total. The van der Waals surface area contributed by atoms with Crippen molar-refractivity contribution in [3.8, 4) is 5.75 Å². The first-order valence-electron chi connectivity index (χ1n) is 7.76. The first-order chi connectivity index (χ1) is 9.62. The van der Waals surface area contributed by atoms with Gasteiger partial charge in [0.25, 0.3) is 0 Å². The highest BCUT2D eigenvalue weighted by atomic mass is 16.5. The van der Waals surface area contributed by atoms with Crippen molar-refractivity contribution < 1.29 is 4.74 Å². The highest BCUT2D eigenvalue weighted by molar-refractivity contribution is 5.37. The van der Waals surface area contributed by atoms with Crippen molar-refractivity contribution in [3.63, 3.8) is 0 Å². The average Bonchev–Trinajstić information content (AvgIpc) is 2.48. The number of nitrogens with two attached hydrogens (primary N) is 1. The van der Waals surface area contributed by atoms with E-state index in [-0.39, 0.29) is 17.0 Å². The van der Waals surface area contributed by atoms with Gasteiger partial charge < -0.3 is 15.8 Å². The van der Waals surface area contributed by atoms with Gasteiger partial charge in [-0.2, -0.15) is 0 Å². The molecule has 3 nitrogen and oxygen atoms in total. The van der Waals surface area contributed by atoms with Crippen LogP contribution in [0.5, 0.6) is 5.75 Å². The van der Waals surface area contributed by atoms with Crippen LogP contribution in [0.15, 0.2) is 24.3 Å². The van der Waals surface area contributed by atoms with Gasteiger partial charge in [-0.05, 0) is 43.5 Å². The lowest BCUT2D eigenvalue weighted by molar-refractivity contribution is -0.000901. The van der Waals surface area contributed by atoms with E-state index in [2.05, 4.69) is 30.4 Å². The minimum absolute atomic E-state index is 0.0859. The molecule has 2 fully saturated rings. The average molecular weight is 274 g/mol. The second-order valence-electron chi connectivity index (χ2n) is 6.62. The molecule has 3 unspecified atom stereocenters. The van der Waals surface area contributed by atoms with Gasteiger partial charge in [-0.1, -0.05) is 31.9 Å². The maximum atomic E-state index is 6.47. The number of methoxy groups -OCH3 is 1. The summed E-state index contributed by atoms with van der Waals surface area (Å²) in [5, 5.41) is 3.49. The zero-order chi connectivity index (χ0) is 14.2. The van der Waals surface area contributed by atoms with E-state index in [1.165, 1.54) is 37.7 Å². The summed E-state index contributed by atoms with van der Waals surface area (Å²) in [6.45, 7) is 3.39. The summed E-state index contributed by atoms with van der Waals surface area (Å²) >= 11 is 0. The minimum Gasteiger partial charge on any atom is -0.497 e. The number of piperidine rings is 1. The molecule has 2 aliphatic rings. The topological polar surface area (TPSA) is 47.3 Å². The molecule has 0 amide bonds. The molecule has 0 spiro atoms. The molecule has 1 aromatic rings. The zero-order valence-corrected chi connectivity index (χ0v) is 12.6. The highest BCUT2D eigenvalue weighted by Gasteiger charge is 2.55. The Morgan fingerprint density at radius 1 is 1.25 bits per heavy atom. The van der Waals surface area contributed by atoms with Gasteiger partial charge in [-0.3, -0.25) is 0 Å². The Morgan fingerprint density at radius 3 is 2.85 bits per heavy atom. The molecule has 1 saturated carbocycles.